The minimum absolute atomic E-state index is 0.0619. The lowest BCUT2D eigenvalue weighted by atomic mass is 10.3. The quantitative estimate of drug-likeness (QED) is 0.662. The molecule has 3 rings (SSSR count). The van der Waals surface area contributed by atoms with Gasteiger partial charge in [0.15, 0.2) is 0 Å². The van der Waals surface area contributed by atoms with Gasteiger partial charge >= 0.3 is 0 Å². The normalized spacial score (nSPS) is 14.7. The van der Waals surface area contributed by atoms with E-state index in [0.717, 1.165) is 24.2 Å². The number of hydrogen-bond acceptors (Lipinski definition) is 4. The van der Waals surface area contributed by atoms with Gasteiger partial charge in [0.25, 0.3) is 5.69 Å². The van der Waals surface area contributed by atoms with E-state index in [2.05, 4.69) is 5.10 Å². The average molecular weight is 244 g/mol. The first kappa shape index (κ1) is 10.8. The van der Waals surface area contributed by atoms with Gasteiger partial charge in [-0.05, 0) is 25.0 Å². The third-order valence-corrected chi connectivity index (χ3v) is 3.06. The van der Waals surface area contributed by atoms with Crippen molar-refractivity contribution in [2.24, 2.45) is 0 Å². The van der Waals surface area contributed by atoms with Gasteiger partial charge in [-0.25, -0.2) is 4.68 Å². The van der Waals surface area contributed by atoms with Gasteiger partial charge in [0, 0.05) is 24.1 Å². The third-order valence-electron chi connectivity index (χ3n) is 3.06. The Morgan fingerprint density at radius 1 is 1.33 bits per heavy atom. The number of benzene rings is 1. The van der Waals surface area contributed by atoms with Crippen LogP contribution >= 0.6 is 0 Å². The lowest BCUT2D eigenvalue weighted by molar-refractivity contribution is -0.384. The molecule has 1 saturated carbocycles. The van der Waals surface area contributed by atoms with Crippen LogP contribution in [0.15, 0.2) is 30.3 Å². The van der Waals surface area contributed by atoms with Crippen molar-refractivity contribution in [1.82, 2.24) is 9.78 Å². The fourth-order valence-electron chi connectivity index (χ4n) is 1.92. The van der Waals surface area contributed by atoms with Gasteiger partial charge in [-0.15, -0.1) is 0 Å². The molecule has 6 heteroatoms. The molecule has 0 amide bonds. The second-order valence-corrected chi connectivity index (χ2v) is 4.45. The molecule has 6 nitrogen and oxygen atoms in total. The van der Waals surface area contributed by atoms with E-state index < -0.39 is 4.92 Å². The fraction of sp³-hybridized carbons (Fsp3) is 0.250. The summed E-state index contributed by atoms with van der Waals surface area (Å²) in [6, 6.07) is 8.08. The monoisotopic (exact) mass is 244 g/mol. The molecule has 0 aliphatic heterocycles. The molecule has 2 aromatic rings. The molecule has 0 spiro atoms. The lowest BCUT2D eigenvalue weighted by Gasteiger charge is -2.02. The predicted molar refractivity (Wildman–Crippen MR) is 66.6 cm³/mol. The highest BCUT2D eigenvalue weighted by molar-refractivity contribution is 5.47. The Kier molecular flexibility index (Phi) is 2.29. The smallest absolute Gasteiger partial charge is 0.269 e. The number of nitrogens with zero attached hydrogens (tertiary/aromatic N) is 3. The molecule has 0 atom stereocenters. The summed E-state index contributed by atoms with van der Waals surface area (Å²) >= 11 is 0. The molecule has 2 N–H and O–H groups in total. The van der Waals surface area contributed by atoms with Crippen LogP contribution in [-0.4, -0.2) is 14.7 Å². The van der Waals surface area contributed by atoms with Crippen molar-refractivity contribution in [3.63, 3.8) is 0 Å². The minimum atomic E-state index is -0.425. The van der Waals surface area contributed by atoms with Gasteiger partial charge in [-0.2, -0.15) is 5.10 Å². The number of nitro benzene ring substituents is 1. The van der Waals surface area contributed by atoms with Crippen LogP contribution in [0.5, 0.6) is 0 Å². The molecule has 0 bridgehead atoms. The maximum Gasteiger partial charge on any atom is 0.269 e. The zero-order chi connectivity index (χ0) is 12.7. The standard InChI is InChI=1S/C12H12N4O2/c13-12-7-11(8-1-2-8)14-15(12)9-3-5-10(6-4-9)16(17)18/h3-8H,1-2,13H2. The van der Waals surface area contributed by atoms with Gasteiger partial charge < -0.3 is 5.73 Å². The summed E-state index contributed by atoms with van der Waals surface area (Å²) in [5, 5.41) is 15.0. The maximum atomic E-state index is 10.6. The third kappa shape index (κ3) is 1.81. The second kappa shape index (κ2) is 3.83. The van der Waals surface area contributed by atoms with E-state index in [-0.39, 0.29) is 5.69 Å². The molecule has 0 unspecified atom stereocenters. The Morgan fingerprint density at radius 3 is 2.56 bits per heavy atom. The summed E-state index contributed by atoms with van der Waals surface area (Å²) in [5.41, 5.74) is 7.71. The van der Waals surface area contributed by atoms with Gasteiger partial charge in [0.05, 0.1) is 16.3 Å². The number of hydrogen-bond donors (Lipinski definition) is 1. The topological polar surface area (TPSA) is 87.0 Å². The van der Waals surface area contributed by atoms with Crippen molar-refractivity contribution < 1.29 is 4.92 Å². The van der Waals surface area contributed by atoms with E-state index in [1.54, 1.807) is 16.8 Å². The van der Waals surface area contributed by atoms with Gasteiger partial charge in [-0.3, -0.25) is 10.1 Å². The number of aromatic nitrogens is 2. The summed E-state index contributed by atoms with van der Waals surface area (Å²) < 4.78 is 1.62. The molecular formula is C12H12N4O2. The zero-order valence-corrected chi connectivity index (χ0v) is 9.61. The van der Waals surface area contributed by atoms with Crippen molar-refractivity contribution in [2.45, 2.75) is 18.8 Å². The van der Waals surface area contributed by atoms with Crippen molar-refractivity contribution in [1.29, 1.82) is 0 Å². The molecule has 1 fully saturated rings. The van der Waals surface area contributed by atoms with E-state index in [1.165, 1.54) is 12.1 Å². The van der Waals surface area contributed by atoms with Crippen LogP contribution in [0.3, 0.4) is 0 Å². The largest absolute Gasteiger partial charge is 0.384 e. The highest BCUT2D eigenvalue weighted by atomic mass is 16.6. The van der Waals surface area contributed by atoms with Gasteiger partial charge in [-0.1, -0.05) is 0 Å². The van der Waals surface area contributed by atoms with Crippen LogP contribution < -0.4 is 5.73 Å². The summed E-state index contributed by atoms with van der Waals surface area (Å²) in [6.45, 7) is 0. The number of nitrogen functional groups attached to an aromatic ring is 1. The Bertz CT molecular complexity index is 599. The van der Waals surface area contributed by atoms with Crippen molar-refractivity contribution in [2.75, 3.05) is 5.73 Å². The van der Waals surface area contributed by atoms with E-state index in [0.29, 0.717) is 11.7 Å². The van der Waals surface area contributed by atoms with E-state index in [1.807, 2.05) is 6.07 Å². The lowest BCUT2D eigenvalue weighted by Crippen LogP contribution is -2.02. The summed E-state index contributed by atoms with van der Waals surface area (Å²) in [6.07, 6.45) is 2.33. The van der Waals surface area contributed by atoms with E-state index in [9.17, 15) is 10.1 Å². The summed E-state index contributed by atoms with van der Waals surface area (Å²) in [4.78, 5) is 10.2. The molecule has 92 valence electrons. The molecule has 1 aliphatic carbocycles. The molecular weight excluding hydrogens is 232 g/mol. The molecule has 1 aliphatic rings. The second-order valence-electron chi connectivity index (χ2n) is 4.45. The van der Waals surface area contributed by atoms with Gasteiger partial charge in [0.1, 0.15) is 5.82 Å². The SMILES string of the molecule is Nc1cc(C2CC2)nn1-c1ccc([N+](=O)[O-])cc1. The Hall–Kier alpha value is -2.37. The molecule has 0 radical (unpaired) electrons. The Labute approximate surface area is 103 Å². The van der Waals surface area contributed by atoms with Crippen LogP contribution in [0.25, 0.3) is 5.69 Å². The van der Waals surface area contributed by atoms with Gasteiger partial charge in [0.2, 0.25) is 0 Å². The molecule has 1 heterocycles. The minimum Gasteiger partial charge on any atom is -0.384 e. The van der Waals surface area contributed by atoms with Crippen LogP contribution in [0, 0.1) is 10.1 Å². The van der Waals surface area contributed by atoms with Crippen molar-refractivity contribution in [3.05, 3.63) is 46.1 Å². The van der Waals surface area contributed by atoms with E-state index >= 15 is 0 Å². The average Bonchev–Trinajstić information content (AvgIpc) is 3.13. The Morgan fingerprint density at radius 2 is 2.00 bits per heavy atom. The van der Waals surface area contributed by atoms with Crippen LogP contribution in [0.2, 0.25) is 0 Å². The highest BCUT2D eigenvalue weighted by Gasteiger charge is 2.27. The van der Waals surface area contributed by atoms with Crippen LogP contribution in [0.1, 0.15) is 24.5 Å². The number of anilines is 1. The van der Waals surface area contributed by atoms with Crippen LogP contribution in [0.4, 0.5) is 11.5 Å². The first-order valence-corrected chi connectivity index (χ1v) is 5.75. The van der Waals surface area contributed by atoms with Crippen molar-refractivity contribution in [3.8, 4) is 5.69 Å². The summed E-state index contributed by atoms with van der Waals surface area (Å²) in [7, 11) is 0. The predicted octanol–water partition coefficient (Wildman–Crippen LogP) is 2.24. The van der Waals surface area contributed by atoms with E-state index in [4.69, 9.17) is 5.73 Å². The summed E-state index contributed by atoms with van der Waals surface area (Å²) in [5.74, 6) is 1.09. The molecule has 0 saturated heterocycles. The fourth-order valence-corrected chi connectivity index (χ4v) is 1.92. The van der Waals surface area contributed by atoms with Crippen molar-refractivity contribution >= 4 is 11.5 Å². The Balaban J connectivity index is 1.95. The zero-order valence-electron chi connectivity index (χ0n) is 9.61. The number of non-ortho nitro benzene ring substituents is 1. The molecule has 1 aromatic heterocycles. The number of rotatable bonds is 3. The number of nitrogens with two attached hydrogens (primary N) is 1. The maximum absolute atomic E-state index is 10.6. The first-order valence-electron chi connectivity index (χ1n) is 5.75. The highest BCUT2D eigenvalue weighted by Crippen LogP contribution is 2.40. The first-order chi connectivity index (χ1) is 8.65. The molecule has 1 aromatic carbocycles. The van der Waals surface area contributed by atoms with Crippen LogP contribution in [-0.2, 0) is 0 Å². The molecule has 18 heavy (non-hydrogen) atoms. The number of nitro groups is 1.